The fraction of sp³-hybridized carbons (Fsp3) is 0.786. The Hall–Kier alpha value is -1.43. The number of carbonyl (C=O) groups is 3. The lowest BCUT2D eigenvalue weighted by Gasteiger charge is -2.32. The quantitative estimate of drug-likeness (QED) is 0.588. The predicted octanol–water partition coefficient (Wildman–Crippen LogP) is 1.30. The van der Waals surface area contributed by atoms with E-state index >= 15 is 0 Å². The van der Waals surface area contributed by atoms with Crippen molar-refractivity contribution >= 4 is 17.8 Å². The minimum Gasteiger partial charge on any atom is -0.382 e. The van der Waals surface area contributed by atoms with Gasteiger partial charge in [0.15, 0.2) is 0 Å². The van der Waals surface area contributed by atoms with Crippen LogP contribution in [0.4, 0.5) is 4.79 Å². The first-order valence-corrected chi connectivity index (χ1v) is 7.39. The SMILES string of the molecule is CCOCCCN1C(=O)NC(=O)C(C2CCCC2)C1=O. The van der Waals surface area contributed by atoms with Gasteiger partial charge in [0.2, 0.25) is 11.8 Å². The Morgan fingerprint density at radius 1 is 1.25 bits per heavy atom. The number of barbiturate groups is 1. The molecular formula is C14H22N2O4. The van der Waals surface area contributed by atoms with E-state index in [1.165, 1.54) is 4.90 Å². The molecule has 0 aromatic rings. The Morgan fingerprint density at radius 2 is 1.95 bits per heavy atom. The Balaban J connectivity index is 1.98. The zero-order valence-electron chi connectivity index (χ0n) is 11.9. The van der Waals surface area contributed by atoms with Gasteiger partial charge in [-0.1, -0.05) is 12.8 Å². The van der Waals surface area contributed by atoms with E-state index in [0.29, 0.717) is 26.2 Å². The third kappa shape index (κ3) is 3.17. The van der Waals surface area contributed by atoms with Crippen molar-refractivity contribution in [1.82, 2.24) is 10.2 Å². The van der Waals surface area contributed by atoms with E-state index in [2.05, 4.69) is 5.32 Å². The van der Waals surface area contributed by atoms with Crippen LogP contribution in [-0.4, -0.2) is 42.5 Å². The number of carbonyl (C=O) groups excluding carboxylic acids is 3. The molecule has 0 spiro atoms. The molecule has 0 aromatic carbocycles. The van der Waals surface area contributed by atoms with Gasteiger partial charge in [0, 0.05) is 19.8 Å². The van der Waals surface area contributed by atoms with Gasteiger partial charge in [0.25, 0.3) is 0 Å². The molecule has 1 aliphatic heterocycles. The molecule has 1 saturated heterocycles. The topological polar surface area (TPSA) is 75.7 Å². The Bertz CT molecular complexity index is 391. The number of amides is 4. The average molecular weight is 282 g/mol. The van der Waals surface area contributed by atoms with Crippen molar-refractivity contribution in [3.8, 4) is 0 Å². The Labute approximate surface area is 118 Å². The van der Waals surface area contributed by atoms with Crippen LogP contribution in [0.5, 0.6) is 0 Å². The van der Waals surface area contributed by atoms with Gasteiger partial charge in [0.1, 0.15) is 5.92 Å². The maximum atomic E-state index is 12.4. The molecule has 6 nitrogen and oxygen atoms in total. The molecule has 20 heavy (non-hydrogen) atoms. The molecule has 2 aliphatic rings. The summed E-state index contributed by atoms with van der Waals surface area (Å²) in [6.45, 7) is 3.33. The zero-order chi connectivity index (χ0) is 14.5. The minimum atomic E-state index is -0.678. The summed E-state index contributed by atoms with van der Waals surface area (Å²) >= 11 is 0. The maximum absolute atomic E-state index is 12.4. The van der Waals surface area contributed by atoms with Crippen LogP contribution in [-0.2, 0) is 14.3 Å². The number of rotatable bonds is 6. The number of hydrogen-bond donors (Lipinski definition) is 1. The molecule has 2 rings (SSSR count). The van der Waals surface area contributed by atoms with Crippen molar-refractivity contribution in [2.24, 2.45) is 11.8 Å². The van der Waals surface area contributed by atoms with Gasteiger partial charge in [-0.15, -0.1) is 0 Å². The highest BCUT2D eigenvalue weighted by Gasteiger charge is 2.44. The number of urea groups is 1. The van der Waals surface area contributed by atoms with Crippen LogP contribution in [0.15, 0.2) is 0 Å². The smallest absolute Gasteiger partial charge is 0.330 e. The summed E-state index contributed by atoms with van der Waals surface area (Å²) in [7, 11) is 0. The standard InChI is InChI=1S/C14H22N2O4/c1-2-20-9-5-8-16-13(18)11(10-6-3-4-7-10)12(17)15-14(16)19/h10-11H,2-9H2,1H3,(H,15,17,19). The van der Waals surface area contributed by atoms with Crippen molar-refractivity contribution in [1.29, 1.82) is 0 Å². The maximum Gasteiger partial charge on any atom is 0.330 e. The zero-order valence-corrected chi connectivity index (χ0v) is 11.9. The first-order chi connectivity index (χ1) is 9.65. The molecule has 1 atom stereocenters. The highest BCUT2D eigenvalue weighted by molar-refractivity contribution is 6.16. The highest BCUT2D eigenvalue weighted by Crippen LogP contribution is 2.33. The Kier molecular flexibility index (Phi) is 5.11. The summed E-state index contributed by atoms with van der Waals surface area (Å²) in [5, 5.41) is 2.31. The summed E-state index contributed by atoms with van der Waals surface area (Å²) in [6.07, 6.45) is 4.49. The van der Waals surface area contributed by atoms with Gasteiger partial charge in [-0.25, -0.2) is 4.79 Å². The molecule has 6 heteroatoms. The summed E-state index contributed by atoms with van der Waals surface area (Å²) < 4.78 is 5.21. The van der Waals surface area contributed by atoms with Crippen LogP contribution < -0.4 is 5.32 Å². The first kappa shape index (κ1) is 15.0. The third-order valence-corrected chi connectivity index (χ3v) is 4.04. The van der Waals surface area contributed by atoms with Crippen molar-refractivity contribution < 1.29 is 19.1 Å². The second-order valence-corrected chi connectivity index (χ2v) is 5.36. The average Bonchev–Trinajstić information content (AvgIpc) is 2.91. The van der Waals surface area contributed by atoms with Crippen molar-refractivity contribution in [3.05, 3.63) is 0 Å². The summed E-state index contributed by atoms with van der Waals surface area (Å²) in [4.78, 5) is 37.3. The molecule has 0 radical (unpaired) electrons. The van der Waals surface area contributed by atoms with E-state index < -0.39 is 17.9 Å². The second-order valence-electron chi connectivity index (χ2n) is 5.36. The number of imide groups is 2. The number of hydrogen-bond acceptors (Lipinski definition) is 4. The van der Waals surface area contributed by atoms with Crippen LogP contribution >= 0.6 is 0 Å². The molecule has 0 aromatic heterocycles. The van der Waals surface area contributed by atoms with Crippen LogP contribution in [0.3, 0.4) is 0 Å². The molecule has 1 heterocycles. The third-order valence-electron chi connectivity index (χ3n) is 4.04. The van der Waals surface area contributed by atoms with Gasteiger partial charge in [0.05, 0.1) is 0 Å². The lowest BCUT2D eigenvalue weighted by atomic mass is 9.87. The van der Waals surface area contributed by atoms with Crippen LogP contribution in [0.2, 0.25) is 0 Å². The monoisotopic (exact) mass is 282 g/mol. The van der Waals surface area contributed by atoms with E-state index in [1.54, 1.807) is 0 Å². The lowest BCUT2D eigenvalue weighted by Crippen LogP contribution is -2.59. The van der Waals surface area contributed by atoms with E-state index in [0.717, 1.165) is 25.7 Å². The minimum absolute atomic E-state index is 0.0880. The molecular weight excluding hydrogens is 260 g/mol. The second kappa shape index (κ2) is 6.83. The summed E-state index contributed by atoms with van der Waals surface area (Å²) in [6, 6.07) is -0.592. The number of nitrogens with one attached hydrogen (secondary N) is 1. The summed E-state index contributed by atoms with van der Waals surface area (Å²) in [5.41, 5.74) is 0. The van der Waals surface area contributed by atoms with Crippen molar-refractivity contribution in [2.75, 3.05) is 19.8 Å². The Morgan fingerprint density at radius 3 is 2.60 bits per heavy atom. The molecule has 1 saturated carbocycles. The van der Waals surface area contributed by atoms with E-state index in [-0.39, 0.29) is 11.8 Å². The highest BCUT2D eigenvalue weighted by atomic mass is 16.5. The molecule has 112 valence electrons. The number of ether oxygens (including phenoxy) is 1. The molecule has 1 unspecified atom stereocenters. The molecule has 1 N–H and O–H groups in total. The first-order valence-electron chi connectivity index (χ1n) is 7.39. The largest absolute Gasteiger partial charge is 0.382 e. The lowest BCUT2D eigenvalue weighted by molar-refractivity contribution is -0.145. The molecule has 1 aliphatic carbocycles. The van der Waals surface area contributed by atoms with Gasteiger partial charge >= 0.3 is 6.03 Å². The van der Waals surface area contributed by atoms with Gasteiger partial charge < -0.3 is 4.74 Å². The van der Waals surface area contributed by atoms with Crippen LogP contribution in [0.25, 0.3) is 0 Å². The van der Waals surface area contributed by atoms with E-state index in [4.69, 9.17) is 4.74 Å². The number of nitrogens with zero attached hydrogens (tertiary/aromatic N) is 1. The molecule has 4 amide bonds. The van der Waals surface area contributed by atoms with Gasteiger partial charge in [-0.3, -0.25) is 19.8 Å². The van der Waals surface area contributed by atoms with Crippen molar-refractivity contribution in [2.45, 2.75) is 39.0 Å². The normalized spacial score (nSPS) is 24.4. The van der Waals surface area contributed by atoms with Crippen LogP contribution in [0, 0.1) is 11.8 Å². The molecule has 0 bridgehead atoms. The van der Waals surface area contributed by atoms with Crippen LogP contribution in [0.1, 0.15) is 39.0 Å². The molecule has 2 fully saturated rings. The fourth-order valence-electron chi connectivity index (χ4n) is 3.02. The van der Waals surface area contributed by atoms with E-state index in [9.17, 15) is 14.4 Å². The predicted molar refractivity (Wildman–Crippen MR) is 71.8 cm³/mol. The summed E-state index contributed by atoms with van der Waals surface area (Å²) in [5.74, 6) is -1.35. The fourth-order valence-corrected chi connectivity index (χ4v) is 3.02. The van der Waals surface area contributed by atoms with E-state index in [1.807, 2.05) is 6.92 Å². The van der Waals surface area contributed by atoms with Crippen molar-refractivity contribution in [3.63, 3.8) is 0 Å². The van der Waals surface area contributed by atoms with Gasteiger partial charge in [-0.05, 0) is 32.1 Å². The van der Waals surface area contributed by atoms with Gasteiger partial charge in [-0.2, -0.15) is 0 Å².